The second kappa shape index (κ2) is 5.85. The highest BCUT2D eigenvalue weighted by Gasteiger charge is 2.12. The molecule has 0 amide bonds. The summed E-state index contributed by atoms with van der Waals surface area (Å²) in [5.41, 5.74) is 3.30. The zero-order chi connectivity index (χ0) is 14.0. The van der Waals surface area contributed by atoms with Crippen LogP contribution < -0.4 is 4.74 Å². The number of hydrogen-bond donors (Lipinski definition) is 0. The average Bonchev–Trinajstić information content (AvgIpc) is 2.34. The molecule has 0 saturated carbocycles. The summed E-state index contributed by atoms with van der Waals surface area (Å²) >= 11 is 12.5. The average molecular weight is 295 g/mol. The first-order valence-corrected chi connectivity index (χ1v) is 6.95. The molecule has 0 aliphatic heterocycles. The number of hydrogen-bond acceptors (Lipinski definition) is 1. The van der Waals surface area contributed by atoms with Crippen LogP contribution in [0.4, 0.5) is 0 Å². The molecule has 0 unspecified atom stereocenters. The van der Waals surface area contributed by atoms with Crippen LogP contribution in [-0.2, 0) is 0 Å². The fourth-order valence-corrected chi connectivity index (χ4v) is 2.40. The summed E-state index contributed by atoms with van der Waals surface area (Å²) in [4.78, 5) is 0. The molecular formula is C16H16Cl2O. The van der Waals surface area contributed by atoms with Crippen LogP contribution in [0.2, 0.25) is 10.0 Å². The van der Waals surface area contributed by atoms with Crippen LogP contribution in [-0.4, -0.2) is 6.10 Å². The Morgan fingerprint density at radius 2 is 1.42 bits per heavy atom. The Hall–Kier alpha value is -1.18. The zero-order valence-electron chi connectivity index (χ0n) is 11.2. The van der Waals surface area contributed by atoms with Gasteiger partial charge in [0.2, 0.25) is 0 Å². The molecule has 0 spiro atoms. The molecule has 0 aliphatic carbocycles. The molecular weight excluding hydrogens is 279 g/mol. The first kappa shape index (κ1) is 14.2. The molecule has 1 nitrogen and oxygen atoms in total. The molecule has 2 rings (SSSR count). The van der Waals surface area contributed by atoms with Gasteiger partial charge in [-0.05, 0) is 44.0 Å². The van der Waals surface area contributed by atoms with Gasteiger partial charge in [-0.25, -0.2) is 0 Å². The Morgan fingerprint density at radius 1 is 0.895 bits per heavy atom. The van der Waals surface area contributed by atoms with E-state index in [1.165, 1.54) is 5.56 Å². The van der Waals surface area contributed by atoms with Crippen molar-refractivity contribution in [2.24, 2.45) is 0 Å². The van der Waals surface area contributed by atoms with Crippen molar-refractivity contribution in [3.8, 4) is 16.9 Å². The molecule has 0 saturated heterocycles. The van der Waals surface area contributed by atoms with Crippen LogP contribution >= 0.6 is 23.2 Å². The summed E-state index contributed by atoms with van der Waals surface area (Å²) in [5.74, 6) is 0.550. The van der Waals surface area contributed by atoms with Gasteiger partial charge in [0.15, 0.2) is 5.75 Å². The first-order chi connectivity index (χ1) is 8.97. The van der Waals surface area contributed by atoms with Gasteiger partial charge in [0, 0.05) is 0 Å². The molecule has 2 aromatic carbocycles. The van der Waals surface area contributed by atoms with Crippen molar-refractivity contribution in [1.82, 2.24) is 0 Å². The maximum absolute atomic E-state index is 6.25. The van der Waals surface area contributed by atoms with Crippen LogP contribution in [0.25, 0.3) is 11.1 Å². The van der Waals surface area contributed by atoms with E-state index in [1.807, 2.05) is 26.0 Å². The van der Waals surface area contributed by atoms with E-state index in [0.717, 1.165) is 11.1 Å². The topological polar surface area (TPSA) is 9.23 Å². The van der Waals surface area contributed by atoms with Gasteiger partial charge in [-0.15, -0.1) is 0 Å². The summed E-state index contributed by atoms with van der Waals surface area (Å²) < 4.78 is 5.62. The number of halogens is 2. The molecule has 0 heterocycles. The summed E-state index contributed by atoms with van der Waals surface area (Å²) in [6, 6.07) is 12.0. The van der Waals surface area contributed by atoms with Crippen LogP contribution in [0.5, 0.6) is 5.75 Å². The summed E-state index contributed by atoms with van der Waals surface area (Å²) in [6.45, 7) is 5.95. The maximum Gasteiger partial charge on any atom is 0.156 e. The summed E-state index contributed by atoms with van der Waals surface area (Å²) in [6.07, 6.45) is 0.0419. The largest absolute Gasteiger partial charge is 0.488 e. The molecule has 3 heteroatoms. The van der Waals surface area contributed by atoms with Crippen molar-refractivity contribution in [2.75, 3.05) is 0 Å². The Bertz CT molecular complexity index is 551. The fraction of sp³-hybridized carbons (Fsp3) is 0.250. The molecule has 0 aliphatic rings. The molecule has 100 valence electrons. The van der Waals surface area contributed by atoms with Gasteiger partial charge in [-0.2, -0.15) is 0 Å². The lowest BCUT2D eigenvalue weighted by Crippen LogP contribution is -2.06. The van der Waals surface area contributed by atoms with Gasteiger partial charge in [-0.3, -0.25) is 0 Å². The van der Waals surface area contributed by atoms with E-state index in [0.29, 0.717) is 15.8 Å². The highest BCUT2D eigenvalue weighted by molar-refractivity contribution is 6.37. The Labute approximate surface area is 124 Å². The van der Waals surface area contributed by atoms with Crippen molar-refractivity contribution >= 4 is 23.2 Å². The second-order valence-corrected chi connectivity index (χ2v) is 5.62. The van der Waals surface area contributed by atoms with Gasteiger partial charge >= 0.3 is 0 Å². The number of rotatable bonds is 3. The van der Waals surface area contributed by atoms with Gasteiger partial charge in [-0.1, -0.05) is 53.0 Å². The number of ether oxygens (including phenoxy) is 1. The third-order valence-corrected chi connectivity index (χ3v) is 3.30. The Balaban J connectivity index is 2.42. The van der Waals surface area contributed by atoms with Crippen LogP contribution in [0.15, 0.2) is 36.4 Å². The van der Waals surface area contributed by atoms with E-state index in [4.69, 9.17) is 27.9 Å². The van der Waals surface area contributed by atoms with E-state index in [1.54, 1.807) is 0 Å². The molecule has 0 atom stereocenters. The van der Waals surface area contributed by atoms with E-state index >= 15 is 0 Å². The zero-order valence-corrected chi connectivity index (χ0v) is 12.7. The molecule has 19 heavy (non-hydrogen) atoms. The number of benzene rings is 2. The quantitative estimate of drug-likeness (QED) is 0.700. The summed E-state index contributed by atoms with van der Waals surface area (Å²) in [7, 11) is 0. The lowest BCUT2D eigenvalue weighted by Gasteiger charge is -2.14. The lowest BCUT2D eigenvalue weighted by molar-refractivity contribution is 0.243. The molecule has 0 N–H and O–H groups in total. The van der Waals surface area contributed by atoms with Crippen LogP contribution in [0.1, 0.15) is 19.4 Å². The predicted molar refractivity (Wildman–Crippen MR) is 82.4 cm³/mol. The normalized spacial score (nSPS) is 10.8. The van der Waals surface area contributed by atoms with Crippen LogP contribution in [0.3, 0.4) is 0 Å². The van der Waals surface area contributed by atoms with Crippen molar-refractivity contribution in [3.05, 3.63) is 52.0 Å². The van der Waals surface area contributed by atoms with E-state index in [-0.39, 0.29) is 6.10 Å². The molecule has 0 bridgehead atoms. The van der Waals surface area contributed by atoms with Gasteiger partial charge in [0.25, 0.3) is 0 Å². The summed E-state index contributed by atoms with van der Waals surface area (Å²) in [5, 5.41) is 1.08. The Kier molecular flexibility index (Phi) is 4.38. The minimum absolute atomic E-state index is 0.0419. The monoisotopic (exact) mass is 294 g/mol. The third kappa shape index (κ3) is 3.43. The third-order valence-electron chi connectivity index (χ3n) is 2.74. The van der Waals surface area contributed by atoms with Crippen molar-refractivity contribution in [3.63, 3.8) is 0 Å². The predicted octanol–water partition coefficient (Wildman–Crippen LogP) is 5.76. The van der Waals surface area contributed by atoms with Crippen molar-refractivity contribution in [2.45, 2.75) is 26.9 Å². The minimum atomic E-state index is 0.0419. The van der Waals surface area contributed by atoms with Crippen LogP contribution in [0, 0.1) is 6.92 Å². The molecule has 0 aromatic heterocycles. The fourth-order valence-electron chi connectivity index (χ4n) is 1.82. The Morgan fingerprint density at radius 3 is 1.89 bits per heavy atom. The molecule has 0 fully saturated rings. The van der Waals surface area contributed by atoms with Crippen molar-refractivity contribution in [1.29, 1.82) is 0 Å². The highest BCUT2D eigenvalue weighted by atomic mass is 35.5. The minimum Gasteiger partial charge on any atom is -0.488 e. The lowest BCUT2D eigenvalue weighted by atomic mass is 10.0. The van der Waals surface area contributed by atoms with Gasteiger partial charge in [0.1, 0.15) is 0 Å². The number of aryl methyl sites for hydroxylation is 1. The van der Waals surface area contributed by atoms with Gasteiger partial charge < -0.3 is 4.74 Å². The van der Waals surface area contributed by atoms with Crippen molar-refractivity contribution < 1.29 is 4.74 Å². The molecule has 2 aromatic rings. The smallest absolute Gasteiger partial charge is 0.156 e. The second-order valence-electron chi connectivity index (χ2n) is 4.80. The van der Waals surface area contributed by atoms with E-state index < -0.39 is 0 Å². The SMILES string of the molecule is Cc1ccc(-c2cc(Cl)c(OC(C)C)c(Cl)c2)cc1. The van der Waals surface area contributed by atoms with E-state index in [9.17, 15) is 0 Å². The van der Waals surface area contributed by atoms with E-state index in [2.05, 4.69) is 31.2 Å². The first-order valence-electron chi connectivity index (χ1n) is 6.20. The maximum atomic E-state index is 6.25. The molecule has 0 radical (unpaired) electrons. The standard InChI is InChI=1S/C16H16Cl2O/c1-10(2)19-16-14(17)8-13(9-15(16)18)12-6-4-11(3)5-7-12/h4-10H,1-3H3. The highest BCUT2D eigenvalue weighted by Crippen LogP contribution is 2.38. The van der Waals surface area contributed by atoms with Gasteiger partial charge in [0.05, 0.1) is 16.1 Å².